The van der Waals surface area contributed by atoms with E-state index in [1.807, 2.05) is 23.1 Å². The van der Waals surface area contributed by atoms with Crippen molar-refractivity contribution in [3.05, 3.63) is 53.3 Å². The van der Waals surface area contributed by atoms with Crippen LogP contribution in [0, 0.1) is 18.7 Å². The Morgan fingerprint density at radius 3 is 2.72 bits per heavy atom. The van der Waals surface area contributed by atoms with Crippen LogP contribution in [0.5, 0.6) is 0 Å². The van der Waals surface area contributed by atoms with E-state index in [2.05, 4.69) is 10.6 Å². The zero-order valence-corrected chi connectivity index (χ0v) is 16.8. The third-order valence-electron chi connectivity index (χ3n) is 5.58. The van der Waals surface area contributed by atoms with Gasteiger partial charge in [-0.25, -0.2) is 4.39 Å². The van der Waals surface area contributed by atoms with Gasteiger partial charge in [0.05, 0.1) is 5.69 Å². The molecule has 1 heterocycles. The number of nitrogens with zero attached hydrogens (tertiary/aromatic N) is 1. The Kier molecular flexibility index (Phi) is 5.26. The molecule has 1 aliphatic heterocycles. The summed E-state index contributed by atoms with van der Waals surface area (Å²) in [6, 6.07) is 10.1. The molecule has 2 N–H and O–H groups in total. The van der Waals surface area contributed by atoms with Crippen molar-refractivity contribution >= 4 is 28.9 Å². The van der Waals surface area contributed by atoms with Crippen LogP contribution < -0.4 is 15.5 Å². The van der Waals surface area contributed by atoms with Crippen molar-refractivity contribution in [1.29, 1.82) is 0 Å². The van der Waals surface area contributed by atoms with Gasteiger partial charge in [0.15, 0.2) is 0 Å². The van der Waals surface area contributed by atoms with E-state index >= 15 is 0 Å². The Bertz CT molecular complexity index is 955. The van der Waals surface area contributed by atoms with Gasteiger partial charge in [-0.15, -0.1) is 0 Å². The minimum atomic E-state index is -0.540. The normalized spacial score (nSPS) is 16.9. The average molecular weight is 395 g/mol. The third-order valence-corrected chi connectivity index (χ3v) is 5.58. The van der Waals surface area contributed by atoms with Gasteiger partial charge in [0.1, 0.15) is 11.9 Å². The summed E-state index contributed by atoms with van der Waals surface area (Å²) in [5.41, 5.74) is 3.89. The smallest absolute Gasteiger partial charge is 0.246 e. The van der Waals surface area contributed by atoms with E-state index in [9.17, 15) is 14.0 Å². The predicted molar refractivity (Wildman–Crippen MR) is 113 cm³/mol. The van der Waals surface area contributed by atoms with E-state index in [4.69, 9.17) is 0 Å². The van der Waals surface area contributed by atoms with Crippen LogP contribution in [-0.2, 0) is 16.0 Å². The number of aryl methyl sites for hydroxylation is 2. The van der Waals surface area contributed by atoms with Crippen molar-refractivity contribution < 1.29 is 14.0 Å². The molecule has 5 nitrogen and oxygen atoms in total. The molecular weight excluding hydrogens is 369 g/mol. The van der Waals surface area contributed by atoms with E-state index in [-0.39, 0.29) is 17.5 Å². The molecule has 0 radical (unpaired) electrons. The van der Waals surface area contributed by atoms with Crippen LogP contribution in [0.2, 0.25) is 0 Å². The largest absolute Gasteiger partial charge is 0.374 e. The fourth-order valence-corrected chi connectivity index (χ4v) is 3.69. The minimum absolute atomic E-state index is 0.175. The van der Waals surface area contributed by atoms with Crippen molar-refractivity contribution in [1.82, 2.24) is 0 Å². The Morgan fingerprint density at radius 2 is 2.00 bits per heavy atom. The van der Waals surface area contributed by atoms with Crippen molar-refractivity contribution in [2.75, 3.05) is 22.1 Å². The maximum absolute atomic E-state index is 14.0. The maximum Gasteiger partial charge on any atom is 0.246 e. The molecular formula is C23H26FN3O2. The molecule has 1 aliphatic carbocycles. The standard InChI is InChI=1S/C23H26FN3O2/c1-14-3-8-20(19(24)11-14)26-23(29)15(2)25-18-7-9-21-17(12-18)6-10-22(28)27(21)13-16-4-5-16/h3,7-9,11-12,15-16,25H,4-6,10,13H2,1-2H3,(H,26,29). The number of hydrogen-bond donors (Lipinski definition) is 2. The topological polar surface area (TPSA) is 61.4 Å². The second kappa shape index (κ2) is 7.85. The van der Waals surface area contributed by atoms with Gasteiger partial charge in [0.25, 0.3) is 0 Å². The monoisotopic (exact) mass is 395 g/mol. The average Bonchev–Trinajstić information content (AvgIpc) is 3.50. The van der Waals surface area contributed by atoms with Gasteiger partial charge < -0.3 is 15.5 Å². The summed E-state index contributed by atoms with van der Waals surface area (Å²) < 4.78 is 14.0. The Morgan fingerprint density at radius 1 is 1.21 bits per heavy atom. The molecule has 152 valence electrons. The van der Waals surface area contributed by atoms with E-state index in [1.54, 1.807) is 26.0 Å². The van der Waals surface area contributed by atoms with E-state index < -0.39 is 11.9 Å². The van der Waals surface area contributed by atoms with Crippen LogP contribution in [0.1, 0.15) is 37.3 Å². The lowest BCUT2D eigenvalue weighted by Gasteiger charge is -2.30. The molecule has 0 spiro atoms. The summed E-state index contributed by atoms with van der Waals surface area (Å²) in [6.07, 6.45) is 3.63. The number of benzene rings is 2. The fraction of sp³-hybridized carbons (Fsp3) is 0.391. The van der Waals surface area contributed by atoms with E-state index in [0.29, 0.717) is 18.8 Å². The van der Waals surface area contributed by atoms with Crippen LogP contribution in [0.3, 0.4) is 0 Å². The van der Waals surface area contributed by atoms with E-state index in [1.165, 1.54) is 18.9 Å². The van der Waals surface area contributed by atoms with Crippen LogP contribution >= 0.6 is 0 Å². The minimum Gasteiger partial charge on any atom is -0.374 e. The number of amides is 2. The van der Waals surface area contributed by atoms with Crippen molar-refractivity contribution in [3.8, 4) is 0 Å². The number of carbonyl (C=O) groups excluding carboxylic acids is 2. The van der Waals surface area contributed by atoms with Gasteiger partial charge in [-0.2, -0.15) is 0 Å². The summed E-state index contributed by atoms with van der Waals surface area (Å²) in [5.74, 6) is 0.0716. The molecule has 2 aromatic carbocycles. The molecule has 6 heteroatoms. The number of halogens is 1. The maximum atomic E-state index is 14.0. The second-order valence-corrected chi connectivity index (χ2v) is 8.13. The molecule has 2 amide bonds. The van der Waals surface area contributed by atoms with Gasteiger partial charge in [-0.05, 0) is 80.5 Å². The Balaban J connectivity index is 1.43. The zero-order valence-electron chi connectivity index (χ0n) is 16.8. The first-order chi connectivity index (χ1) is 13.9. The zero-order chi connectivity index (χ0) is 20.5. The SMILES string of the molecule is Cc1ccc(NC(=O)C(C)Nc2ccc3c(c2)CCC(=O)N3CC2CC2)c(F)c1. The molecule has 0 bridgehead atoms. The van der Waals surface area contributed by atoms with Crippen molar-refractivity contribution in [2.45, 2.75) is 45.6 Å². The van der Waals surface area contributed by atoms with E-state index in [0.717, 1.165) is 29.0 Å². The molecule has 2 aliphatic rings. The highest BCUT2D eigenvalue weighted by Crippen LogP contribution is 2.36. The summed E-state index contributed by atoms with van der Waals surface area (Å²) in [4.78, 5) is 26.7. The van der Waals surface area contributed by atoms with Gasteiger partial charge in [0, 0.05) is 24.3 Å². The quantitative estimate of drug-likeness (QED) is 0.768. The second-order valence-electron chi connectivity index (χ2n) is 8.13. The number of hydrogen-bond acceptors (Lipinski definition) is 3. The van der Waals surface area contributed by atoms with Crippen molar-refractivity contribution in [3.63, 3.8) is 0 Å². The lowest BCUT2D eigenvalue weighted by atomic mass is 10.00. The van der Waals surface area contributed by atoms with Crippen LogP contribution in [0.4, 0.5) is 21.5 Å². The van der Waals surface area contributed by atoms with Gasteiger partial charge in [-0.1, -0.05) is 6.07 Å². The third kappa shape index (κ3) is 4.42. The number of fused-ring (bicyclic) bond motifs is 1. The van der Waals surface area contributed by atoms with Gasteiger partial charge in [-0.3, -0.25) is 9.59 Å². The molecule has 1 saturated carbocycles. The first-order valence-corrected chi connectivity index (χ1v) is 10.2. The van der Waals surface area contributed by atoms with Crippen LogP contribution in [0.25, 0.3) is 0 Å². The summed E-state index contributed by atoms with van der Waals surface area (Å²) in [7, 11) is 0. The molecule has 4 rings (SSSR count). The summed E-state index contributed by atoms with van der Waals surface area (Å²) >= 11 is 0. The van der Waals surface area contributed by atoms with Gasteiger partial charge >= 0.3 is 0 Å². The highest BCUT2D eigenvalue weighted by molar-refractivity contribution is 5.98. The molecule has 29 heavy (non-hydrogen) atoms. The lowest BCUT2D eigenvalue weighted by Crippen LogP contribution is -2.37. The molecule has 1 fully saturated rings. The van der Waals surface area contributed by atoms with Crippen LogP contribution in [0.15, 0.2) is 36.4 Å². The van der Waals surface area contributed by atoms with Crippen molar-refractivity contribution in [2.24, 2.45) is 5.92 Å². The fourth-order valence-electron chi connectivity index (χ4n) is 3.69. The van der Waals surface area contributed by atoms with Gasteiger partial charge in [0.2, 0.25) is 11.8 Å². The lowest BCUT2D eigenvalue weighted by molar-refractivity contribution is -0.119. The first-order valence-electron chi connectivity index (χ1n) is 10.2. The number of carbonyl (C=O) groups is 2. The summed E-state index contributed by atoms with van der Waals surface area (Å²) in [5, 5.41) is 5.82. The van der Waals surface area contributed by atoms with Crippen LogP contribution in [-0.4, -0.2) is 24.4 Å². The molecule has 2 aromatic rings. The number of nitrogens with one attached hydrogen (secondary N) is 2. The molecule has 0 saturated heterocycles. The molecule has 0 aromatic heterocycles. The Hall–Kier alpha value is -2.89. The Labute approximate surface area is 170 Å². The molecule has 1 atom stereocenters. The highest BCUT2D eigenvalue weighted by Gasteiger charge is 2.31. The summed E-state index contributed by atoms with van der Waals surface area (Å²) in [6.45, 7) is 4.34. The number of rotatable bonds is 6. The number of anilines is 3. The highest BCUT2D eigenvalue weighted by atomic mass is 19.1. The molecule has 1 unspecified atom stereocenters. The predicted octanol–water partition coefficient (Wildman–Crippen LogP) is 4.26. The first kappa shape index (κ1) is 19.4.